The quantitative estimate of drug-likeness (QED) is 0.496. The molecular weight excluding hydrogens is 435 g/mol. The number of hydrogen-bond acceptors (Lipinski definition) is 5. The van der Waals surface area contributed by atoms with Crippen LogP contribution in [-0.2, 0) is 11.2 Å². The predicted octanol–water partition coefficient (Wildman–Crippen LogP) is 3.11. The number of rotatable bonds is 5. The Balaban J connectivity index is 1.26. The molecule has 0 spiro atoms. The van der Waals surface area contributed by atoms with Gasteiger partial charge in [-0.25, -0.2) is 28.8 Å². The summed E-state index contributed by atoms with van der Waals surface area (Å²) >= 11 is 0. The van der Waals surface area contributed by atoms with Crippen molar-refractivity contribution in [1.29, 1.82) is 0 Å². The van der Waals surface area contributed by atoms with E-state index in [4.69, 9.17) is 0 Å². The Bertz CT molecular complexity index is 1460. The van der Waals surface area contributed by atoms with Crippen molar-refractivity contribution in [1.82, 2.24) is 29.6 Å². The largest absolute Gasteiger partial charge is 0.348 e. The number of hydrogen-bond donors (Lipinski definition) is 1. The second-order valence-electron chi connectivity index (χ2n) is 9.16. The first kappa shape index (κ1) is 20.7. The summed E-state index contributed by atoms with van der Waals surface area (Å²) in [4.78, 5) is 35.1. The number of carbonyl (C=O) groups excluding carboxylic acids is 1. The van der Waals surface area contributed by atoms with Crippen molar-refractivity contribution in [3.8, 4) is 16.8 Å². The third-order valence-electron chi connectivity index (χ3n) is 6.77. The molecule has 3 heterocycles. The number of halogens is 1. The van der Waals surface area contributed by atoms with Crippen molar-refractivity contribution >= 4 is 16.8 Å². The first-order valence-corrected chi connectivity index (χ1v) is 11.5. The van der Waals surface area contributed by atoms with Crippen LogP contribution < -0.4 is 5.69 Å². The van der Waals surface area contributed by atoms with E-state index in [2.05, 4.69) is 20.2 Å². The lowest BCUT2D eigenvalue weighted by Crippen LogP contribution is -2.30. The topological polar surface area (TPSA) is 96.8 Å². The molecule has 0 bridgehead atoms. The fourth-order valence-electron chi connectivity index (χ4n) is 4.78. The molecule has 1 aliphatic carbocycles. The number of aromatic amines is 1. The highest BCUT2D eigenvalue weighted by molar-refractivity contribution is 5.83. The van der Waals surface area contributed by atoms with Crippen LogP contribution in [0.1, 0.15) is 25.1 Å². The minimum absolute atomic E-state index is 0.157. The van der Waals surface area contributed by atoms with Gasteiger partial charge in [0.15, 0.2) is 0 Å². The number of nitrogens with zero attached hydrogens (tertiary/aromatic N) is 5. The Morgan fingerprint density at radius 3 is 2.76 bits per heavy atom. The van der Waals surface area contributed by atoms with E-state index < -0.39 is 11.5 Å². The lowest BCUT2D eigenvalue weighted by Gasteiger charge is -2.16. The smallest absolute Gasteiger partial charge is 0.342 e. The summed E-state index contributed by atoms with van der Waals surface area (Å²) in [6.07, 6.45) is 6.54. The molecule has 1 saturated heterocycles. The molecule has 4 aromatic rings. The van der Waals surface area contributed by atoms with E-state index in [0.29, 0.717) is 24.4 Å². The molecule has 1 amide bonds. The first-order valence-electron chi connectivity index (χ1n) is 11.5. The number of H-pyrrole nitrogens is 1. The average molecular weight is 458 g/mol. The number of likely N-dealkylation sites (tertiary alicyclic amines) is 1. The first-order chi connectivity index (χ1) is 16.6. The summed E-state index contributed by atoms with van der Waals surface area (Å²) in [5, 5.41) is 7.54. The number of carbonyl (C=O) groups is 1. The second kappa shape index (κ2) is 8.16. The highest BCUT2D eigenvalue weighted by Gasteiger charge is 2.37. The summed E-state index contributed by atoms with van der Waals surface area (Å²) < 4.78 is 16.6. The summed E-state index contributed by atoms with van der Waals surface area (Å²) in [5.74, 6) is 0.596. The van der Waals surface area contributed by atoms with E-state index in [-0.39, 0.29) is 23.4 Å². The normalized spacial score (nSPS) is 18.0. The molecule has 2 aromatic carbocycles. The highest BCUT2D eigenvalue weighted by atomic mass is 19.1. The number of fused-ring (bicyclic) bond motifs is 1. The van der Waals surface area contributed by atoms with E-state index in [1.807, 2.05) is 23.1 Å². The molecule has 2 aromatic heterocycles. The fourth-order valence-corrected chi connectivity index (χ4v) is 4.78. The number of nitrogens with one attached hydrogen (secondary N) is 1. The molecular formula is C25H23FN6O2. The van der Waals surface area contributed by atoms with Crippen molar-refractivity contribution in [3.63, 3.8) is 0 Å². The van der Waals surface area contributed by atoms with Gasteiger partial charge in [0.2, 0.25) is 5.91 Å². The Morgan fingerprint density at radius 1 is 1.12 bits per heavy atom. The third kappa shape index (κ3) is 3.76. The summed E-state index contributed by atoms with van der Waals surface area (Å²) in [6, 6.07) is 10.5. The van der Waals surface area contributed by atoms with Crippen LogP contribution >= 0.6 is 0 Å². The van der Waals surface area contributed by atoms with E-state index in [9.17, 15) is 9.59 Å². The molecule has 172 valence electrons. The van der Waals surface area contributed by atoms with Crippen LogP contribution in [0.25, 0.3) is 27.7 Å². The van der Waals surface area contributed by atoms with Crippen LogP contribution in [0.4, 0.5) is 4.39 Å². The molecule has 9 heteroatoms. The van der Waals surface area contributed by atoms with E-state index in [1.165, 1.54) is 17.0 Å². The van der Waals surface area contributed by atoms with Gasteiger partial charge in [-0.3, -0.25) is 4.79 Å². The Hall–Kier alpha value is -3.88. The lowest BCUT2D eigenvalue weighted by molar-refractivity contribution is -0.131. The average Bonchev–Trinajstić information content (AvgIpc) is 3.50. The monoisotopic (exact) mass is 458 g/mol. The van der Waals surface area contributed by atoms with Gasteiger partial charge in [-0.1, -0.05) is 18.2 Å². The van der Waals surface area contributed by atoms with Gasteiger partial charge >= 0.3 is 5.69 Å². The molecule has 0 unspecified atom stereocenters. The molecule has 1 atom stereocenters. The molecule has 1 aliphatic heterocycles. The van der Waals surface area contributed by atoms with Gasteiger partial charge in [-0.2, -0.15) is 5.10 Å². The predicted molar refractivity (Wildman–Crippen MR) is 124 cm³/mol. The van der Waals surface area contributed by atoms with Gasteiger partial charge in [-0.15, -0.1) is 0 Å². The molecule has 0 radical (unpaired) electrons. The van der Waals surface area contributed by atoms with Crippen molar-refractivity contribution in [2.75, 3.05) is 13.1 Å². The SMILES string of the molecule is O=C(C1CC1)N1CC[C@@H](Cc2n[nH]c(=O)n2-c2ccc(-c3ccc4cncnc4c3)cc2F)C1. The minimum atomic E-state index is -0.512. The maximum atomic E-state index is 15.3. The van der Waals surface area contributed by atoms with Gasteiger partial charge in [0.25, 0.3) is 0 Å². The van der Waals surface area contributed by atoms with Gasteiger partial charge in [-0.05, 0) is 54.5 Å². The zero-order valence-electron chi connectivity index (χ0n) is 18.4. The van der Waals surface area contributed by atoms with Crippen molar-refractivity contribution < 1.29 is 9.18 Å². The Morgan fingerprint density at radius 2 is 1.94 bits per heavy atom. The van der Waals surface area contributed by atoms with E-state index in [1.54, 1.807) is 18.3 Å². The summed E-state index contributed by atoms with van der Waals surface area (Å²) in [6.45, 7) is 1.39. The van der Waals surface area contributed by atoms with Gasteiger partial charge in [0.05, 0.1) is 11.2 Å². The van der Waals surface area contributed by atoms with Crippen LogP contribution in [0.5, 0.6) is 0 Å². The summed E-state index contributed by atoms with van der Waals surface area (Å²) in [5.41, 5.74) is 1.96. The standard InChI is InChI=1S/C25H23FN6O2/c26-20-10-17(18-3-4-19-12-27-14-28-21(19)11-18)5-6-22(20)32-23(29-30-25(32)34)9-15-7-8-31(13-15)24(33)16-1-2-16/h3-6,10-12,14-16H,1-2,7-9,13H2,(H,30,34)/t15-/m0/s1. The van der Waals surface area contributed by atoms with Gasteiger partial charge in [0.1, 0.15) is 18.0 Å². The molecule has 1 N–H and O–H groups in total. The van der Waals surface area contributed by atoms with Crippen LogP contribution in [0.2, 0.25) is 0 Å². The zero-order valence-corrected chi connectivity index (χ0v) is 18.4. The van der Waals surface area contributed by atoms with Gasteiger partial charge in [0, 0.05) is 37.0 Å². The zero-order chi connectivity index (χ0) is 23.2. The molecule has 34 heavy (non-hydrogen) atoms. The van der Waals surface area contributed by atoms with Crippen molar-refractivity contribution in [2.45, 2.75) is 25.7 Å². The molecule has 1 saturated carbocycles. The van der Waals surface area contributed by atoms with E-state index >= 15 is 4.39 Å². The Labute approximate surface area is 194 Å². The van der Waals surface area contributed by atoms with Crippen molar-refractivity contribution in [2.24, 2.45) is 11.8 Å². The number of amides is 1. The molecule has 2 aliphatic rings. The maximum Gasteiger partial charge on any atom is 0.348 e. The number of benzene rings is 2. The molecule has 2 fully saturated rings. The minimum Gasteiger partial charge on any atom is -0.342 e. The lowest BCUT2D eigenvalue weighted by atomic mass is 10.0. The highest BCUT2D eigenvalue weighted by Crippen LogP contribution is 2.33. The van der Waals surface area contributed by atoms with Crippen LogP contribution in [-0.4, -0.2) is 48.6 Å². The number of aromatic nitrogens is 5. The van der Waals surface area contributed by atoms with Crippen LogP contribution in [0.3, 0.4) is 0 Å². The third-order valence-corrected chi connectivity index (χ3v) is 6.77. The fraction of sp³-hybridized carbons (Fsp3) is 0.320. The van der Waals surface area contributed by atoms with E-state index in [0.717, 1.165) is 42.3 Å². The van der Waals surface area contributed by atoms with Crippen LogP contribution in [0, 0.1) is 17.7 Å². The summed E-state index contributed by atoms with van der Waals surface area (Å²) in [7, 11) is 0. The van der Waals surface area contributed by atoms with Gasteiger partial charge < -0.3 is 4.90 Å². The molecule has 8 nitrogen and oxygen atoms in total. The van der Waals surface area contributed by atoms with Crippen LogP contribution in [0.15, 0.2) is 53.7 Å². The molecule has 6 rings (SSSR count). The second-order valence-corrected chi connectivity index (χ2v) is 9.16. The Kier molecular flexibility index (Phi) is 4.97. The maximum absolute atomic E-state index is 15.3. The van der Waals surface area contributed by atoms with Crippen molar-refractivity contribution in [3.05, 3.63) is 71.0 Å².